The topological polar surface area (TPSA) is 82.8 Å². The zero-order valence-corrected chi connectivity index (χ0v) is 13.1. The number of carbonyl (C=O) groups is 2. The van der Waals surface area contributed by atoms with Gasteiger partial charge in [-0.1, -0.05) is 0 Å². The molecule has 2 amide bonds. The number of benzene rings is 1. The van der Waals surface area contributed by atoms with Crippen LogP contribution in [0.1, 0.15) is 5.56 Å². The number of hydrogen-bond acceptors (Lipinski definition) is 3. The van der Waals surface area contributed by atoms with Gasteiger partial charge in [-0.25, -0.2) is 4.79 Å². The first-order valence-electron chi connectivity index (χ1n) is 7.50. The highest BCUT2D eigenvalue weighted by Gasteiger charge is 2.53. The minimum absolute atomic E-state index is 0.393. The summed E-state index contributed by atoms with van der Waals surface area (Å²) in [5.41, 5.74) is 1.87. The Kier molecular flexibility index (Phi) is 4.09. The number of alkyl halides is 3. The third-order valence-electron chi connectivity index (χ3n) is 4.36. The Labute approximate surface area is 140 Å². The first-order chi connectivity index (χ1) is 11.7. The van der Waals surface area contributed by atoms with Crippen molar-refractivity contribution in [3.05, 3.63) is 30.0 Å². The van der Waals surface area contributed by atoms with Gasteiger partial charge in [0, 0.05) is 24.2 Å². The lowest BCUT2D eigenvalue weighted by Gasteiger charge is -2.18. The normalized spacial score (nSPS) is 20.9. The quantitative estimate of drug-likeness (QED) is 0.863. The van der Waals surface area contributed by atoms with Crippen molar-refractivity contribution < 1.29 is 32.3 Å². The second-order valence-corrected chi connectivity index (χ2v) is 6.06. The van der Waals surface area contributed by atoms with Crippen molar-refractivity contribution in [3.8, 4) is 0 Å². The van der Waals surface area contributed by atoms with Gasteiger partial charge in [0.1, 0.15) is 5.58 Å². The molecule has 0 spiro atoms. The average molecular weight is 356 g/mol. The van der Waals surface area contributed by atoms with Crippen LogP contribution in [0, 0.1) is 18.8 Å². The lowest BCUT2D eigenvalue weighted by atomic mass is 9.96. The molecule has 1 aromatic carbocycles. The standard InChI is InChI=1S/C16H15F3N2O4/c1-8-7-25-13-3-2-9(4-10(8)13)20-15(24)21-5-11(14(22)23)12(6-21)16(17,18)19/h2-4,7,11-12H,5-6H2,1H3,(H,20,24)(H,22,23)/t11-,12-/m1/s1. The molecule has 2 atom stereocenters. The fourth-order valence-corrected chi connectivity index (χ4v) is 2.99. The van der Waals surface area contributed by atoms with Crippen molar-refractivity contribution in [2.75, 3.05) is 18.4 Å². The second kappa shape index (κ2) is 5.98. The summed E-state index contributed by atoms with van der Waals surface area (Å²) < 4.78 is 44.2. The van der Waals surface area contributed by atoms with Crippen LogP contribution >= 0.6 is 0 Å². The van der Waals surface area contributed by atoms with Crippen LogP contribution in [0.25, 0.3) is 11.0 Å². The first kappa shape index (κ1) is 17.1. The molecule has 0 unspecified atom stereocenters. The highest BCUT2D eigenvalue weighted by atomic mass is 19.4. The molecule has 1 aromatic heterocycles. The Morgan fingerprint density at radius 1 is 1.32 bits per heavy atom. The van der Waals surface area contributed by atoms with Crippen LogP contribution in [0.15, 0.2) is 28.9 Å². The summed E-state index contributed by atoms with van der Waals surface area (Å²) in [6, 6.07) is 4.09. The van der Waals surface area contributed by atoms with E-state index in [-0.39, 0.29) is 0 Å². The molecule has 3 rings (SSSR count). The van der Waals surface area contributed by atoms with Crippen LogP contribution in [0.3, 0.4) is 0 Å². The molecule has 1 saturated heterocycles. The van der Waals surface area contributed by atoms with Gasteiger partial charge in [-0.2, -0.15) is 13.2 Å². The zero-order chi connectivity index (χ0) is 18.4. The maximum absolute atomic E-state index is 13.0. The lowest BCUT2D eigenvalue weighted by molar-refractivity contribution is -0.187. The number of carboxylic acids is 1. The molecule has 25 heavy (non-hydrogen) atoms. The van der Waals surface area contributed by atoms with Crippen molar-refractivity contribution in [2.45, 2.75) is 13.1 Å². The number of fused-ring (bicyclic) bond motifs is 1. The van der Waals surface area contributed by atoms with E-state index in [9.17, 15) is 22.8 Å². The van der Waals surface area contributed by atoms with Crippen molar-refractivity contribution >= 4 is 28.7 Å². The fraction of sp³-hybridized carbons (Fsp3) is 0.375. The lowest BCUT2D eigenvalue weighted by Crippen LogP contribution is -2.35. The number of halogens is 3. The Bertz CT molecular complexity index is 830. The number of urea groups is 1. The van der Waals surface area contributed by atoms with Gasteiger partial charge in [0.2, 0.25) is 0 Å². The maximum atomic E-state index is 13.0. The van der Waals surface area contributed by atoms with Gasteiger partial charge in [-0.05, 0) is 30.7 Å². The summed E-state index contributed by atoms with van der Waals surface area (Å²) in [6.07, 6.45) is -3.12. The summed E-state index contributed by atoms with van der Waals surface area (Å²) in [5, 5.41) is 12.3. The number of hydrogen-bond donors (Lipinski definition) is 2. The van der Waals surface area contributed by atoms with Gasteiger partial charge in [-0.15, -0.1) is 0 Å². The number of furan rings is 1. The zero-order valence-electron chi connectivity index (χ0n) is 13.1. The number of aliphatic carboxylic acids is 1. The summed E-state index contributed by atoms with van der Waals surface area (Å²) in [5.74, 6) is -5.30. The highest BCUT2D eigenvalue weighted by Crippen LogP contribution is 2.38. The van der Waals surface area contributed by atoms with Gasteiger partial charge in [0.25, 0.3) is 0 Å². The first-order valence-corrected chi connectivity index (χ1v) is 7.50. The summed E-state index contributed by atoms with van der Waals surface area (Å²) >= 11 is 0. The number of carbonyl (C=O) groups excluding carboxylic acids is 1. The second-order valence-electron chi connectivity index (χ2n) is 6.06. The minimum atomic E-state index is -4.68. The number of anilines is 1. The van der Waals surface area contributed by atoms with E-state index in [0.717, 1.165) is 15.8 Å². The maximum Gasteiger partial charge on any atom is 0.394 e. The fourth-order valence-electron chi connectivity index (χ4n) is 2.99. The van der Waals surface area contributed by atoms with E-state index in [2.05, 4.69) is 5.32 Å². The smallest absolute Gasteiger partial charge is 0.394 e. The van der Waals surface area contributed by atoms with Gasteiger partial charge in [0.05, 0.1) is 18.1 Å². The summed E-state index contributed by atoms with van der Waals surface area (Å²) in [7, 11) is 0. The number of aryl methyl sites for hydroxylation is 1. The number of carboxylic acid groups (broad SMARTS) is 1. The molecule has 0 bridgehead atoms. The van der Waals surface area contributed by atoms with Crippen LogP contribution in [-0.4, -0.2) is 41.3 Å². The molecule has 0 radical (unpaired) electrons. The summed E-state index contributed by atoms with van der Waals surface area (Å²) in [6.45, 7) is 0.654. The van der Waals surface area contributed by atoms with E-state index in [0.29, 0.717) is 11.3 Å². The van der Waals surface area contributed by atoms with Gasteiger partial charge in [0.15, 0.2) is 0 Å². The van der Waals surface area contributed by atoms with E-state index >= 15 is 0 Å². The largest absolute Gasteiger partial charge is 0.481 e. The summed E-state index contributed by atoms with van der Waals surface area (Å²) in [4.78, 5) is 24.2. The van der Waals surface area contributed by atoms with E-state index in [1.165, 1.54) is 0 Å². The van der Waals surface area contributed by atoms with Crippen LogP contribution in [0.4, 0.5) is 23.7 Å². The highest BCUT2D eigenvalue weighted by molar-refractivity contribution is 5.93. The molecule has 9 heteroatoms. The van der Waals surface area contributed by atoms with E-state index in [1.807, 2.05) is 6.92 Å². The molecule has 0 saturated carbocycles. The van der Waals surface area contributed by atoms with E-state index < -0.39 is 43.1 Å². The minimum Gasteiger partial charge on any atom is -0.481 e. The molecule has 2 heterocycles. The number of amides is 2. The van der Waals surface area contributed by atoms with Gasteiger partial charge < -0.3 is 19.7 Å². The predicted octanol–water partition coefficient (Wildman–Crippen LogP) is 3.47. The molecule has 1 aliphatic rings. The third-order valence-corrected chi connectivity index (χ3v) is 4.36. The number of rotatable bonds is 2. The average Bonchev–Trinajstić information content (AvgIpc) is 3.12. The molecule has 6 nitrogen and oxygen atoms in total. The Hall–Kier alpha value is -2.71. The van der Waals surface area contributed by atoms with Crippen LogP contribution < -0.4 is 5.32 Å². The van der Waals surface area contributed by atoms with E-state index in [1.54, 1.807) is 24.5 Å². The molecular formula is C16H15F3N2O4. The van der Waals surface area contributed by atoms with Gasteiger partial charge in [-0.3, -0.25) is 4.79 Å². The molecule has 2 N–H and O–H groups in total. The SMILES string of the molecule is Cc1coc2ccc(NC(=O)N3C[C@@H](C(F)(F)F)[C@H](C(=O)O)C3)cc12. The van der Waals surface area contributed by atoms with Crippen molar-refractivity contribution in [1.29, 1.82) is 0 Å². The monoisotopic (exact) mass is 356 g/mol. The molecule has 1 fully saturated rings. The van der Waals surface area contributed by atoms with Crippen molar-refractivity contribution in [2.24, 2.45) is 11.8 Å². The molecule has 0 aliphatic carbocycles. The van der Waals surface area contributed by atoms with E-state index in [4.69, 9.17) is 9.52 Å². The number of likely N-dealkylation sites (tertiary alicyclic amines) is 1. The third kappa shape index (κ3) is 3.26. The molecular weight excluding hydrogens is 341 g/mol. The van der Waals surface area contributed by atoms with Crippen molar-refractivity contribution in [1.82, 2.24) is 4.90 Å². The molecule has 1 aliphatic heterocycles. The molecule has 2 aromatic rings. The predicted molar refractivity (Wildman–Crippen MR) is 82.2 cm³/mol. The molecule has 134 valence electrons. The Morgan fingerprint density at radius 2 is 2.04 bits per heavy atom. The van der Waals surface area contributed by atoms with Crippen molar-refractivity contribution in [3.63, 3.8) is 0 Å². The van der Waals surface area contributed by atoms with Crippen LogP contribution in [0.5, 0.6) is 0 Å². The van der Waals surface area contributed by atoms with Gasteiger partial charge >= 0.3 is 18.2 Å². The van der Waals surface area contributed by atoms with Crippen LogP contribution in [0.2, 0.25) is 0 Å². The number of nitrogens with zero attached hydrogens (tertiary/aromatic N) is 1. The number of nitrogens with one attached hydrogen (secondary N) is 1. The van der Waals surface area contributed by atoms with Crippen LogP contribution in [-0.2, 0) is 4.79 Å². The Balaban J connectivity index is 1.76. The Morgan fingerprint density at radius 3 is 2.64 bits per heavy atom.